The predicted molar refractivity (Wildman–Crippen MR) is 89.4 cm³/mol. The van der Waals surface area contributed by atoms with Gasteiger partial charge in [0.25, 0.3) is 0 Å². The van der Waals surface area contributed by atoms with E-state index in [1.54, 1.807) is 0 Å². The number of piperazine rings is 2. The van der Waals surface area contributed by atoms with Gasteiger partial charge in [-0.05, 0) is 0 Å². The van der Waals surface area contributed by atoms with Crippen LogP contribution in [0, 0.1) is 0 Å². The minimum absolute atomic E-state index is 0.775. The maximum Gasteiger partial charge on any atom is 0.0110 e. The molecular formula is C14H35N7. The summed E-state index contributed by atoms with van der Waals surface area (Å²) in [4.78, 5) is 7.20. The lowest BCUT2D eigenvalue weighted by atomic mass is 10.3. The molecule has 21 heavy (non-hydrogen) atoms. The highest BCUT2D eigenvalue weighted by Gasteiger charge is 2.14. The first kappa shape index (κ1) is 18.8. The van der Waals surface area contributed by atoms with Crippen molar-refractivity contribution < 1.29 is 0 Å². The summed E-state index contributed by atoms with van der Waals surface area (Å²) in [5.41, 5.74) is 16.4. The summed E-state index contributed by atoms with van der Waals surface area (Å²) in [5.74, 6) is 0. The highest BCUT2D eigenvalue weighted by Crippen LogP contribution is 1.99. The van der Waals surface area contributed by atoms with E-state index in [1.165, 1.54) is 0 Å². The molecule has 0 unspecified atom stereocenters. The van der Waals surface area contributed by atoms with Gasteiger partial charge in [0.05, 0.1) is 0 Å². The van der Waals surface area contributed by atoms with Gasteiger partial charge in [0.1, 0.15) is 0 Å². The summed E-state index contributed by atoms with van der Waals surface area (Å²) >= 11 is 0. The lowest BCUT2D eigenvalue weighted by Gasteiger charge is -2.34. The molecule has 2 heterocycles. The van der Waals surface area contributed by atoms with Gasteiger partial charge in [0.2, 0.25) is 0 Å². The van der Waals surface area contributed by atoms with E-state index in [9.17, 15) is 0 Å². The second-order valence-corrected chi connectivity index (χ2v) is 5.64. The van der Waals surface area contributed by atoms with Gasteiger partial charge in [-0.1, -0.05) is 0 Å². The van der Waals surface area contributed by atoms with Crippen molar-refractivity contribution in [1.29, 1.82) is 0 Å². The lowest BCUT2D eigenvalue weighted by molar-refractivity contribution is 0.138. The fourth-order valence-electron chi connectivity index (χ4n) is 2.72. The topological polar surface area (TPSA) is 99.8 Å². The van der Waals surface area contributed by atoms with E-state index in [4.69, 9.17) is 17.2 Å². The molecule has 0 radical (unpaired) electrons. The molecule has 7 heteroatoms. The second-order valence-electron chi connectivity index (χ2n) is 5.64. The van der Waals surface area contributed by atoms with Crippen LogP contribution in [0.4, 0.5) is 0 Å². The maximum atomic E-state index is 5.48. The van der Waals surface area contributed by atoms with E-state index in [-0.39, 0.29) is 0 Å². The summed E-state index contributed by atoms with van der Waals surface area (Å²) in [6.45, 7) is 14.7. The predicted octanol–water partition coefficient (Wildman–Crippen LogP) is -2.63. The van der Waals surface area contributed by atoms with Gasteiger partial charge >= 0.3 is 0 Å². The number of nitrogens with two attached hydrogens (primary N) is 3. The molecule has 0 aromatic heterocycles. The van der Waals surface area contributed by atoms with Crippen molar-refractivity contribution in [3.05, 3.63) is 0 Å². The van der Waals surface area contributed by atoms with Crippen molar-refractivity contribution in [3.63, 3.8) is 0 Å². The number of rotatable bonds is 6. The van der Waals surface area contributed by atoms with Gasteiger partial charge in [0.15, 0.2) is 0 Å². The van der Waals surface area contributed by atoms with Crippen molar-refractivity contribution >= 4 is 0 Å². The van der Waals surface area contributed by atoms with Crippen molar-refractivity contribution in [2.75, 3.05) is 91.6 Å². The first-order chi connectivity index (χ1) is 10.3. The third kappa shape index (κ3) is 8.67. The largest absolute Gasteiger partial charge is 0.329 e. The van der Waals surface area contributed by atoms with Crippen molar-refractivity contribution in [2.24, 2.45) is 17.2 Å². The van der Waals surface area contributed by atoms with Crippen LogP contribution in [0.1, 0.15) is 0 Å². The van der Waals surface area contributed by atoms with E-state index in [0.29, 0.717) is 0 Å². The average Bonchev–Trinajstić information content (AvgIpc) is 2.52. The Morgan fingerprint density at radius 3 is 1.24 bits per heavy atom. The zero-order valence-electron chi connectivity index (χ0n) is 13.5. The Morgan fingerprint density at radius 1 is 0.571 bits per heavy atom. The van der Waals surface area contributed by atoms with Crippen molar-refractivity contribution in [1.82, 2.24) is 20.0 Å². The standard InChI is InChI=1S/C8H20N4.C6H15N3/c9-1-3-11-5-7-12(4-2-10)8-6-11;7-1-4-9-5-2-8-3-6-9/h1-10H2;8H,1-7H2. The summed E-state index contributed by atoms with van der Waals surface area (Å²) in [6, 6.07) is 0. The third-order valence-corrected chi connectivity index (χ3v) is 4.01. The van der Waals surface area contributed by atoms with E-state index in [1.807, 2.05) is 0 Å². The maximum absolute atomic E-state index is 5.48. The molecule has 7 N–H and O–H groups in total. The van der Waals surface area contributed by atoms with Crippen LogP contribution in [0.2, 0.25) is 0 Å². The molecule has 0 spiro atoms. The van der Waals surface area contributed by atoms with Crippen LogP contribution >= 0.6 is 0 Å². The smallest absolute Gasteiger partial charge is 0.0110 e. The summed E-state index contributed by atoms with van der Waals surface area (Å²) in [5, 5.41) is 3.29. The Balaban J connectivity index is 0.000000219. The number of nitrogens with zero attached hydrogens (tertiary/aromatic N) is 3. The highest BCUT2D eigenvalue weighted by atomic mass is 15.3. The molecule has 0 aromatic rings. The minimum atomic E-state index is 0.775. The Bertz CT molecular complexity index is 209. The first-order valence-corrected chi connectivity index (χ1v) is 8.28. The molecule has 2 saturated heterocycles. The van der Waals surface area contributed by atoms with Crippen LogP contribution in [0.5, 0.6) is 0 Å². The molecule has 0 bridgehead atoms. The molecule has 7 nitrogen and oxygen atoms in total. The van der Waals surface area contributed by atoms with Crippen LogP contribution in [0.15, 0.2) is 0 Å². The van der Waals surface area contributed by atoms with Crippen LogP contribution < -0.4 is 22.5 Å². The van der Waals surface area contributed by atoms with Crippen LogP contribution in [0.3, 0.4) is 0 Å². The molecular weight excluding hydrogens is 266 g/mol. The SMILES string of the molecule is NCCN1CCN(CCN)CC1.NCCN1CCNCC1. The van der Waals surface area contributed by atoms with Crippen molar-refractivity contribution in [2.45, 2.75) is 0 Å². The summed E-state index contributed by atoms with van der Waals surface area (Å²) in [7, 11) is 0. The van der Waals surface area contributed by atoms with Gasteiger partial charge in [-0.2, -0.15) is 0 Å². The molecule has 2 rings (SSSR count). The number of nitrogens with one attached hydrogen (secondary N) is 1. The van der Waals surface area contributed by atoms with Gasteiger partial charge in [-0.25, -0.2) is 0 Å². The zero-order chi connectivity index (χ0) is 15.3. The number of hydrogen-bond donors (Lipinski definition) is 4. The Kier molecular flexibility index (Phi) is 11.0. The molecule has 2 fully saturated rings. The van der Waals surface area contributed by atoms with E-state index in [0.717, 1.165) is 91.6 Å². The molecule has 0 amide bonds. The van der Waals surface area contributed by atoms with Crippen LogP contribution in [0.25, 0.3) is 0 Å². The number of hydrogen-bond acceptors (Lipinski definition) is 7. The Labute approximate surface area is 129 Å². The van der Waals surface area contributed by atoms with E-state index in [2.05, 4.69) is 20.0 Å². The van der Waals surface area contributed by atoms with Gasteiger partial charge in [-0.3, -0.25) is 14.7 Å². The normalized spacial score (nSPS) is 21.9. The van der Waals surface area contributed by atoms with Gasteiger partial charge in [-0.15, -0.1) is 0 Å². The monoisotopic (exact) mass is 301 g/mol. The molecule has 0 aromatic carbocycles. The average molecular weight is 301 g/mol. The van der Waals surface area contributed by atoms with Gasteiger partial charge in [0, 0.05) is 91.6 Å². The first-order valence-electron chi connectivity index (χ1n) is 8.28. The Hall–Kier alpha value is -0.280. The lowest BCUT2D eigenvalue weighted by Crippen LogP contribution is -2.48. The second kappa shape index (κ2) is 12.3. The van der Waals surface area contributed by atoms with E-state index >= 15 is 0 Å². The summed E-state index contributed by atoms with van der Waals surface area (Å²) in [6.07, 6.45) is 0. The minimum Gasteiger partial charge on any atom is -0.329 e. The highest BCUT2D eigenvalue weighted by molar-refractivity contribution is 4.71. The van der Waals surface area contributed by atoms with Crippen molar-refractivity contribution in [3.8, 4) is 0 Å². The molecule has 126 valence electrons. The van der Waals surface area contributed by atoms with Crippen LogP contribution in [-0.4, -0.2) is 106 Å². The third-order valence-electron chi connectivity index (χ3n) is 4.01. The molecule has 0 saturated carbocycles. The quantitative estimate of drug-likeness (QED) is 0.426. The van der Waals surface area contributed by atoms with Crippen LogP contribution in [-0.2, 0) is 0 Å². The molecule has 2 aliphatic rings. The van der Waals surface area contributed by atoms with Gasteiger partial charge < -0.3 is 22.5 Å². The molecule has 2 aliphatic heterocycles. The van der Waals surface area contributed by atoms with E-state index < -0.39 is 0 Å². The fraction of sp³-hybridized carbons (Fsp3) is 1.00. The fourth-order valence-corrected chi connectivity index (χ4v) is 2.72. The Morgan fingerprint density at radius 2 is 0.905 bits per heavy atom. The zero-order valence-corrected chi connectivity index (χ0v) is 13.5. The summed E-state index contributed by atoms with van der Waals surface area (Å²) < 4.78 is 0. The molecule has 0 atom stereocenters. The molecule has 0 aliphatic carbocycles.